The Labute approximate surface area is 716 Å². The highest BCUT2D eigenvalue weighted by Gasteiger charge is 2.49. The summed E-state index contributed by atoms with van der Waals surface area (Å²) in [6, 6.07) is -9.90. The zero-order chi connectivity index (χ0) is 95.3. The molecule has 0 aromatic rings. The highest BCUT2D eigenvalue weighted by atomic mass is 16.3. The number of rotatable bonds is 47. The van der Waals surface area contributed by atoms with Gasteiger partial charge >= 0.3 is 0 Å². The SMILES string of the molecule is CCC(C)(NC(=O)C(C)(C)NC(=O)C(CC(C)C)NC(=O)C1CCCN1C(=O)C(C)(C)NC(=O)C(C)(C)NC(=O)C(C)NC(=O)C(C)(C)NC(=O)C(C)(C)NC(=O)C(C)(C)NC(=O)C(CCC(N)=O)NC(=O)C(C)(C)NC(=O)C(CC(C)C)NC(=O)C(C)(C)NC(=O)C(C)NC(=O)C(C)(C)NC(C)=O)C(=O)NC(CCC(N)=O)C(=O)NC(CO)C(C)C. The van der Waals surface area contributed by atoms with Gasteiger partial charge in [-0.2, -0.15) is 0 Å². The number of nitrogens with one attached hydrogen (secondary N) is 17. The number of hydrogen-bond donors (Lipinski definition) is 20. The van der Waals surface area contributed by atoms with E-state index in [9.17, 15) is 101 Å². The molecule has 1 rings (SSSR count). The topological polar surface area (TPSA) is 621 Å². The van der Waals surface area contributed by atoms with Crippen molar-refractivity contribution < 1.29 is 101 Å². The van der Waals surface area contributed by atoms with Crippen LogP contribution in [0.25, 0.3) is 0 Å². The number of primary amides is 2. The molecule has 0 aromatic carbocycles. The molecule has 0 spiro atoms. The molecule has 0 aromatic heterocycles. The number of nitrogens with two attached hydrogens (primary N) is 2. The molecule has 1 aliphatic rings. The third-order valence-corrected chi connectivity index (χ3v) is 20.5. The van der Waals surface area contributed by atoms with Gasteiger partial charge in [0.25, 0.3) is 0 Å². The van der Waals surface area contributed by atoms with Gasteiger partial charge < -0.3 is 112 Å². The third kappa shape index (κ3) is 33.3. The summed E-state index contributed by atoms with van der Waals surface area (Å²) in [5.74, 6) is -17.0. The summed E-state index contributed by atoms with van der Waals surface area (Å²) in [6.07, 6.45) is -0.795. The molecular weight excluding hydrogens is 1590 g/mol. The normalized spacial score (nSPS) is 15.8. The van der Waals surface area contributed by atoms with E-state index in [1.807, 2.05) is 0 Å². The van der Waals surface area contributed by atoms with Gasteiger partial charge in [-0.15, -0.1) is 0 Å². The first kappa shape index (κ1) is 109. The highest BCUT2D eigenvalue weighted by molar-refractivity contribution is 6.05. The molecule has 22 N–H and O–H groups in total. The molecule has 0 aliphatic carbocycles. The predicted molar refractivity (Wildman–Crippen MR) is 450 cm³/mol. The number of carbonyl (C=O) groups excluding carboxylic acids is 20. The van der Waals surface area contributed by atoms with Gasteiger partial charge in [-0.3, -0.25) is 95.9 Å². The van der Waals surface area contributed by atoms with Crippen molar-refractivity contribution >= 4 is 118 Å². The Balaban J connectivity index is 3.21. The standard InChI is InChI=1S/C81H142N20O21/c1-30-81(29,70(121)89-47(33-35-53(82)104)57(108)87-51(40-102)43(6)7)100-69(120)78(23,24)96-59(110)49(38-41(2)3)86-61(112)52-32-31-37-101(52)71(122)80(27,28)99-67(118)76(19,20)93-56(107)45(9)85-63(114)75(17,18)97-68(119)79(25,26)98-66(117)77(21,22)94-58(109)48(34-36-54(83)105)88-64(115)74(15,16)95-60(111)50(39-42(4)5)90-65(116)73(13,14)92-55(106)44(8)84-62(113)72(11,12)91-46(10)103/h41-45,47-52,102H,30-40H2,1-29H3,(H2,82,104)(H2,83,105)(H,84,113)(H,85,114)(H,86,112)(H,87,108)(H,88,115)(H,89,121)(H,90,116)(H,91,103)(H,92,106)(H,93,107)(H,94,109)(H,95,111)(H,96,110)(H,97,119)(H,98,117)(H,99,118)(H,100,120). The lowest BCUT2D eigenvalue weighted by atomic mass is 9.93. The maximum Gasteiger partial charge on any atom is 0.248 e. The molecular formula is C81H142N20O21. The highest BCUT2D eigenvalue weighted by Crippen LogP contribution is 2.25. The van der Waals surface area contributed by atoms with Crippen LogP contribution in [0.3, 0.4) is 0 Å². The fraction of sp³-hybridized carbons (Fsp3) is 0.753. The Morgan fingerprint density at radius 3 is 1.02 bits per heavy atom. The van der Waals surface area contributed by atoms with Gasteiger partial charge in [0.2, 0.25) is 118 Å². The van der Waals surface area contributed by atoms with Crippen molar-refractivity contribution in [2.75, 3.05) is 13.2 Å². The van der Waals surface area contributed by atoms with Crippen molar-refractivity contribution in [2.24, 2.45) is 29.2 Å². The van der Waals surface area contributed by atoms with Crippen LogP contribution >= 0.6 is 0 Å². The number of hydrogen-bond acceptors (Lipinski definition) is 21. The molecule has 122 heavy (non-hydrogen) atoms. The largest absolute Gasteiger partial charge is 0.394 e. The lowest BCUT2D eigenvalue weighted by molar-refractivity contribution is -0.146. The summed E-state index contributed by atoms with van der Waals surface area (Å²) in [5.41, 5.74) is -6.74. The molecule has 0 radical (unpaired) electrons. The predicted octanol–water partition coefficient (Wildman–Crippen LogP) is -2.96. The number of amides is 20. The van der Waals surface area contributed by atoms with E-state index in [0.717, 1.165) is 0 Å². The fourth-order valence-electron chi connectivity index (χ4n) is 12.0. The van der Waals surface area contributed by atoms with E-state index >= 15 is 0 Å². The summed E-state index contributed by atoms with van der Waals surface area (Å²) in [7, 11) is 0. The maximum absolute atomic E-state index is 14.5. The van der Waals surface area contributed by atoms with Crippen LogP contribution in [0.5, 0.6) is 0 Å². The zero-order valence-electron chi connectivity index (χ0n) is 76.8. The monoisotopic (exact) mass is 1730 g/mol. The van der Waals surface area contributed by atoms with Gasteiger partial charge in [0.15, 0.2) is 0 Å². The lowest BCUT2D eigenvalue weighted by Gasteiger charge is -2.37. The average Bonchev–Trinajstić information content (AvgIpc) is 1.68. The number of likely N-dealkylation sites (tertiary alicyclic amines) is 1. The molecule has 41 nitrogen and oxygen atoms in total. The molecule has 20 amide bonds. The van der Waals surface area contributed by atoms with Crippen molar-refractivity contribution in [1.29, 1.82) is 0 Å². The average molecular weight is 1730 g/mol. The molecule has 1 heterocycles. The molecule has 9 atom stereocenters. The quantitative estimate of drug-likeness (QED) is 0.0289. The number of nitrogens with zero attached hydrogens (tertiary/aromatic N) is 1. The second kappa shape index (κ2) is 43.9. The van der Waals surface area contributed by atoms with Gasteiger partial charge in [0.1, 0.15) is 97.7 Å². The Kier molecular flexibility index (Phi) is 39.4. The minimum absolute atomic E-state index is 0.0165. The van der Waals surface area contributed by atoms with Gasteiger partial charge in [-0.1, -0.05) is 48.5 Å². The smallest absolute Gasteiger partial charge is 0.248 e. The lowest BCUT2D eigenvalue weighted by Crippen LogP contribution is -2.68. The Morgan fingerprint density at radius 1 is 0.361 bits per heavy atom. The van der Waals surface area contributed by atoms with Crippen molar-refractivity contribution in [3.05, 3.63) is 0 Å². The molecule has 1 saturated heterocycles. The first-order valence-corrected chi connectivity index (χ1v) is 41.1. The number of carbonyl (C=O) groups is 20. The molecule has 1 fully saturated rings. The third-order valence-electron chi connectivity index (χ3n) is 20.5. The van der Waals surface area contributed by atoms with Gasteiger partial charge in [0.05, 0.1) is 12.6 Å². The minimum atomic E-state index is -1.91. The number of aliphatic hydroxyl groups is 1. The molecule has 0 saturated carbocycles. The second-order valence-corrected chi connectivity index (χ2v) is 37.8. The van der Waals surface area contributed by atoms with E-state index in [4.69, 9.17) is 11.5 Å². The van der Waals surface area contributed by atoms with E-state index in [2.05, 4.69) is 90.4 Å². The summed E-state index contributed by atoms with van der Waals surface area (Å²) in [6.45, 7) is 41.1. The first-order valence-electron chi connectivity index (χ1n) is 41.1. The maximum atomic E-state index is 14.5. The summed E-state index contributed by atoms with van der Waals surface area (Å²) < 4.78 is 0. The summed E-state index contributed by atoms with van der Waals surface area (Å²) in [5, 5.41) is 53.6. The fourth-order valence-corrected chi connectivity index (χ4v) is 12.0. The van der Waals surface area contributed by atoms with E-state index < -0.39 is 241 Å². The van der Waals surface area contributed by atoms with E-state index in [1.165, 1.54) is 157 Å². The Hall–Kier alpha value is -10.6. The van der Waals surface area contributed by atoms with Gasteiger partial charge in [0, 0.05) is 26.3 Å². The van der Waals surface area contributed by atoms with Crippen LogP contribution in [0.1, 0.15) is 259 Å². The molecule has 692 valence electrons. The van der Waals surface area contributed by atoms with Crippen LogP contribution in [0, 0.1) is 17.8 Å². The van der Waals surface area contributed by atoms with Crippen molar-refractivity contribution in [2.45, 2.75) is 362 Å². The van der Waals surface area contributed by atoms with E-state index in [0.29, 0.717) is 6.42 Å². The van der Waals surface area contributed by atoms with Crippen molar-refractivity contribution in [1.82, 2.24) is 95.3 Å². The van der Waals surface area contributed by atoms with E-state index in [1.54, 1.807) is 48.5 Å². The van der Waals surface area contributed by atoms with Gasteiger partial charge in [-0.05, 0) is 208 Å². The van der Waals surface area contributed by atoms with E-state index in [-0.39, 0.29) is 62.8 Å². The summed E-state index contributed by atoms with van der Waals surface area (Å²) in [4.78, 5) is 273. The molecule has 1 aliphatic heterocycles. The summed E-state index contributed by atoms with van der Waals surface area (Å²) >= 11 is 0. The second-order valence-electron chi connectivity index (χ2n) is 37.8. The molecule has 9 unspecified atom stereocenters. The van der Waals surface area contributed by atoms with Crippen LogP contribution in [0.4, 0.5) is 0 Å². The molecule has 41 heteroatoms. The minimum Gasteiger partial charge on any atom is -0.394 e. The number of aliphatic hydroxyl groups excluding tert-OH is 1. The first-order chi connectivity index (χ1) is 55.2. The van der Waals surface area contributed by atoms with Crippen LogP contribution in [0.15, 0.2) is 0 Å². The van der Waals surface area contributed by atoms with Crippen molar-refractivity contribution in [3.8, 4) is 0 Å². The Morgan fingerprint density at radius 2 is 0.664 bits per heavy atom. The molecule has 0 bridgehead atoms. The van der Waals surface area contributed by atoms with Crippen LogP contribution < -0.4 is 102 Å². The van der Waals surface area contributed by atoms with Crippen molar-refractivity contribution in [3.63, 3.8) is 0 Å². The Bertz CT molecular complexity index is 3900. The van der Waals surface area contributed by atoms with Crippen LogP contribution in [-0.4, -0.2) is 245 Å². The van der Waals surface area contributed by atoms with Crippen LogP contribution in [-0.2, 0) is 95.9 Å². The van der Waals surface area contributed by atoms with Gasteiger partial charge in [-0.25, -0.2) is 0 Å². The zero-order valence-corrected chi connectivity index (χ0v) is 76.8. The van der Waals surface area contributed by atoms with Crippen LogP contribution in [0.2, 0.25) is 0 Å².